The molecule has 104 valence electrons. The average Bonchev–Trinajstić information content (AvgIpc) is 2.98. The van der Waals surface area contributed by atoms with E-state index in [2.05, 4.69) is 10.3 Å². The molecule has 1 heterocycles. The van der Waals surface area contributed by atoms with Crippen LogP contribution in [0.2, 0.25) is 0 Å². The fourth-order valence-electron chi connectivity index (χ4n) is 2.02. The molecule has 3 aromatic rings. The molecule has 0 aliphatic heterocycles. The minimum absolute atomic E-state index is 0.363. The van der Waals surface area contributed by atoms with Gasteiger partial charge in [-0.3, -0.25) is 4.79 Å². The van der Waals surface area contributed by atoms with Gasteiger partial charge in [-0.2, -0.15) is 0 Å². The van der Waals surface area contributed by atoms with Crippen molar-refractivity contribution in [1.82, 2.24) is 15.0 Å². The molecule has 3 rings (SSSR count). The van der Waals surface area contributed by atoms with Gasteiger partial charge in [0.05, 0.1) is 11.9 Å². The molecule has 2 aromatic carbocycles. The van der Waals surface area contributed by atoms with Gasteiger partial charge in [-0.05, 0) is 24.3 Å². The number of hydrogen-bond donors (Lipinski definition) is 0. The summed E-state index contributed by atoms with van der Waals surface area (Å²) >= 11 is 0. The number of esters is 1. The number of para-hydroxylation sites is 2. The lowest BCUT2D eigenvalue weighted by Crippen LogP contribution is -2.02. The Labute approximate surface area is 121 Å². The summed E-state index contributed by atoms with van der Waals surface area (Å²) in [5, 5.41) is 8.26. The Morgan fingerprint density at radius 1 is 1.05 bits per heavy atom. The van der Waals surface area contributed by atoms with Gasteiger partial charge in [0, 0.05) is 12.5 Å². The van der Waals surface area contributed by atoms with Crippen LogP contribution in [0.15, 0.2) is 60.8 Å². The maximum atomic E-state index is 11.2. The van der Waals surface area contributed by atoms with Crippen LogP contribution in [0.5, 0.6) is 5.75 Å². The zero-order valence-electron chi connectivity index (χ0n) is 11.4. The van der Waals surface area contributed by atoms with Crippen molar-refractivity contribution in [2.45, 2.75) is 6.92 Å². The Morgan fingerprint density at radius 2 is 1.76 bits per heavy atom. The van der Waals surface area contributed by atoms with Gasteiger partial charge in [-0.1, -0.05) is 35.5 Å². The van der Waals surface area contributed by atoms with Crippen LogP contribution in [0.3, 0.4) is 0 Å². The third-order valence-electron chi connectivity index (χ3n) is 2.93. The molecular weight excluding hydrogens is 266 g/mol. The predicted molar refractivity (Wildman–Crippen MR) is 78.1 cm³/mol. The highest BCUT2D eigenvalue weighted by Crippen LogP contribution is 2.28. The normalized spacial score (nSPS) is 10.3. The molecule has 0 amide bonds. The molecule has 0 bridgehead atoms. The van der Waals surface area contributed by atoms with Crippen LogP contribution < -0.4 is 4.74 Å². The van der Waals surface area contributed by atoms with Crippen molar-refractivity contribution in [1.29, 1.82) is 0 Å². The summed E-state index contributed by atoms with van der Waals surface area (Å²) in [6.45, 7) is 1.37. The minimum atomic E-state index is -0.363. The second-order valence-electron chi connectivity index (χ2n) is 4.47. The molecule has 5 nitrogen and oxygen atoms in total. The topological polar surface area (TPSA) is 57.0 Å². The number of ether oxygens (including phenoxy) is 1. The Morgan fingerprint density at radius 3 is 2.52 bits per heavy atom. The standard InChI is InChI=1S/C16H13N3O2/c1-12(20)21-16-10-6-5-9-14(16)15-11-19(18-17-15)13-7-3-2-4-8-13/h2-11H,1H3. The molecule has 21 heavy (non-hydrogen) atoms. The summed E-state index contributed by atoms with van der Waals surface area (Å²) < 4.78 is 6.88. The highest BCUT2D eigenvalue weighted by molar-refractivity contribution is 5.75. The highest BCUT2D eigenvalue weighted by atomic mass is 16.5. The maximum absolute atomic E-state index is 11.2. The summed E-state index contributed by atoms with van der Waals surface area (Å²) in [6, 6.07) is 16.9. The SMILES string of the molecule is CC(=O)Oc1ccccc1-c1cn(-c2ccccc2)nn1. The number of aromatic nitrogens is 3. The van der Waals surface area contributed by atoms with E-state index in [1.165, 1.54) is 6.92 Å². The smallest absolute Gasteiger partial charge is 0.308 e. The quantitative estimate of drug-likeness (QED) is 0.546. The van der Waals surface area contributed by atoms with Gasteiger partial charge in [-0.15, -0.1) is 5.10 Å². The largest absolute Gasteiger partial charge is 0.426 e. The number of rotatable bonds is 3. The van der Waals surface area contributed by atoms with Crippen LogP contribution in [-0.2, 0) is 4.79 Å². The van der Waals surface area contributed by atoms with E-state index < -0.39 is 0 Å². The van der Waals surface area contributed by atoms with E-state index in [9.17, 15) is 4.79 Å². The molecule has 0 saturated heterocycles. The number of hydrogen-bond acceptors (Lipinski definition) is 4. The van der Waals surface area contributed by atoms with Crippen molar-refractivity contribution >= 4 is 5.97 Å². The fourth-order valence-corrected chi connectivity index (χ4v) is 2.02. The molecular formula is C16H13N3O2. The van der Waals surface area contributed by atoms with Gasteiger partial charge >= 0.3 is 5.97 Å². The molecule has 0 saturated carbocycles. The summed E-state index contributed by atoms with van der Waals surface area (Å²) in [6.07, 6.45) is 1.80. The third kappa shape index (κ3) is 2.81. The van der Waals surface area contributed by atoms with Gasteiger partial charge in [0.2, 0.25) is 0 Å². The molecule has 0 fully saturated rings. The highest BCUT2D eigenvalue weighted by Gasteiger charge is 2.11. The van der Waals surface area contributed by atoms with Crippen LogP contribution >= 0.6 is 0 Å². The second-order valence-corrected chi connectivity index (χ2v) is 4.47. The van der Waals surface area contributed by atoms with Crippen LogP contribution in [0, 0.1) is 0 Å². The summed E-state index contributed by atoms with van der Waals surface area (Å²) in [7, 11) is 0. The van der Waals surface area contributed by atoms with Crippen LogP contribution in [0.1, 0.15) is 6.92 Å². The van der Waals surface area contributed by atoms with Crippen molar-refractivity contribution in [3.63, 3.8) is 0 Å². The first-order valence-electron chi connectivity index (χ1n) is 6.49. The first kappa shape index (κ1) is 13.1. The lowest BCUT2D eigenvalue weighted by atomic mass is 10.1. The molecule has 0 aliphatic rings. The molecule has 0 N–H and O–H groups in total. The molecule has 0 aliphatic carbocycles. The Bertz CT molecular complexity index is 766. The minimum Gasteiger partial charge on any atom is -0.426 e. The second kappa shape index (κ2) is 5.58. The van der Waals surface area contributed by atoms with Gasteiger partial charge in [0.25, 0.3) is 0 Å². The van der Waals surface area contributed by atoms with E-state index in [0.29, 0.717) is 11.4 Å². The molecule has 5 heteroatoms. The van der Waals surface area contributed by atoms with Crippen molar-refractivity contribution in [2.75, 3.05) is 0 Å². The first-order chi connectivity index (χ1) is 10.2. The van der Waals surface area contributed by atoms with E-state index in [4.69, 9.17) is 4.74 Å². The van der Waals surface area contributed by atoms with Crippen LogP contribution in [0.4, 0.5) is 0 Å². The maximum Gasteiger partial charge on any atom is 0.308 e. The molecule has 0 unspecified atom stereocenters. The number of carbonyl (C=O) groups excluding carboxylic acids is 1. The summed E-state index contributed by atoms with van der Waals surface area (Å²) in [4.78, 5) is 11.2. The molecule has 0 radical (unpaired) electrons. The predicted octanol–water partition coefficient (Wildman–Crippen LogP) is 2.86. The van der Waals surface area contributed by atoms with Gasteiger partial charge in [-0.25, -0.2) is 4.68 Å². The van der Waals surface area contributed by atoms with Crippen molar-refractivity contribution < 1.29 is 9.53 Å². The van der Waals surface area contributed by atoms with Gasteiger partial charge in [0.15, 0.2) is 0 Å². The summed E-state index contributed by atoms with van der Waals surface area (Å²) in [5.41, 5.74) is 2.30. The summed E-state index contributed by atoms with van der Waals surface area (Å²) in [5.74, 6) is 0.114. The van der Waals surface area contributed by atoms with E-state index in [1.54, 1.807) is 16.9 Å². The monoisotopic (exact) mass is 279 g/mol. The average molecular weight is 279 g/mol. The molecule has 0 spiro atoms. The zero-order valence-corrected chi connectivity index (χ0v) is 11.4. The number of carbonyl (C=O) groups is 1. The number of nitrogens with zero attached hydrogens (tertiary/aromatic N) is 3. The molecule has 0 atom stereocenters. The van der Waals surface area contributed by atoms with Crippen LogP contribution in [0.25, 0.3) is 16.9 Å². The van der Waals surface area contributed by atoms with Crippen LogP contribution in [-0.4, -0.2) is 21.0 Å². The number of benzene rings is 2. The van der Waals surface area contributed by atoms with Gasteiger partial charge in [0.1, 0.15) is 11.4 Å². The lowest BCUT2D eigenvalue weighted by molar-refractivity contribution is -0.131. The lowest BCUT2D eigenvalue weighted by Gasteiger charge is -2.05. The van der Waals surface area contributed by atoms with E-state index in [-0.39, 0.29) is 5.97 Å². The molecule has 1 aromatic heterocycles. The zero-order chi connectivity index (χ0) is 14.7. The Balaban J connectivity index is 1.99. The third-order valence-corrected chi connectivity index (χ3v) is 2.93. The van der Waals surface area contributed by atoms with Gasteiger partial charge < -0.3 is 4.74 Å². The fraction of sp³-hybridized carbons (Fsp3) is 0.0625. The van der Waals surface area contributed by atoms with Crippen molar-refractivity contribution in [3.8, 4) is 22.7 Å². The van der Waals surface area contributed by atoms with Crippen molar-refractivity contribution in [3.05, 3.63) is 60.8 Å². The first-order valence-corrected chi connectivity index (χ1v) is 6.49. The Hall–Kier alpha value is -2.95. The van der Waals surface area contributed by atoms with E-state index >= 15 is 0 Å². The van der Waals surface area contributed by atoms with Crippen molar-refractivity contribution in [2.24, 2.45) is 0 Å². The van der Waals surface area contributed by atoms with E-state index in [1.807, 2.05) is 48.5 Å². The van der Waals surface area contributed by atoms with E-state index in [0.717, 1.165) is 11.3 Å². The Kier molecular flexibility index (Phi) is 3.47.